The molecule has 0 radical (unpaired) electrons. The molecule has 21 heavy (non-hydrogen) atoms. The number of nitrogens with zero attached hydrogens (tertiary/aromatic N) is 1. The first-order valence-corrected chi connectivity index (χ1v) is 8.54. The van der Waals surface area contributed by atoms with E-state index in [1.54, 1.807) is 12.1 Å². The highest BCUT2D eigenvalue weighted by Crippen LogP contribution is 2.17. The van der Waals surface area contributed by atoms with E-state index in [4.69, 9.17) is 9.84 Å². The number of aliphatic hydroxyl groups excluding tert-OH is 1. The molecule has 0 amide bonds. The van der Waals surface area contributed by atoms with Crippen LogP contribution >= 0.6 is 0 Å². The second-order valence-corrected chi connectivity index (χ2v) is 6.98. The van der Waals surface area contributed by atoms with E-state index in [-0.39, 0.29) is 17.5 Å². The third-order valence-corrected chi connectivity index (χ3v) is 4.95. The Bertz CT molecular complexity index is 545. The van der Waals surface area contributed by atoms with Crippen LogP contribution in [0.1, 0.15) is 12.8 Å². The van der Waals surface area contributed by atoms with Crippen molar-refractivity contribution in [2.24, 2.45) is 0 Å². The van der Waals surface area contributed by atoms with Gasteiger partial charge in [0, 0.05) is 25.6 Å². The molecule has 0 saturated carbocycles. The van der Waals surface area contributed by atoms with Crippen LogP contribution in [-0.2, 0) is 10.0 Å². The van der Waals surface area contributed by atoms with Crippen molar-refractivity contribution in [3.05, 3.63) is 24.3 Å². The van der Waals surface area contributed by atoms with Crippen molar-refractivity contribution in [3.8, 4) is 5.75 Å². The van der Waals surface area contributed by atoms with Gasteiger partial charge in [-0.1, -0.05) is 0 Å². The lowest BCUT2D eigenvalue weighted by atomic mass is 10.3. The number of nitrogens with one attached hydrogen (secondary N) is 1. The van der Waals surface area contributed by atoms with Crippen molar-refractivity contribution in [3.63, 3.8) is 0 Å². The van der Waals surface area contributed by atoms with Crippen LogP contribution in [0, 0.1) is 0 Å². The Labute approximate surface area is 125 Å². The van der Waals surface area contributed by atoms with Crippen molar-refractivity contribution in [1.82, 2.24) is 9.62 Å². The number of benzene rings is 1. The van der Waals surface area contributed by atoms with E-state index < -0.39 is 10.0 Å². The first-order chi connectivity index (χ1) is 10.0. The molecule has 2 rings (SSSR count). The van der Waals surface area contributed by atoms with Gasteiger partial charge in [-0.2, -0.15) is 0 Å². The van der Waals surface area contributed by atoms with Crippen LogP contribution in [0.2, 0.25) is 0 Å². The molecule has 7 heteroatoms. The SMILES string of the molecule is CN1CCC(NS(=O)(=O)c2ccc(OCCCO)cc2)C1. The van der Waals surface area contributed by atoms with E-state index in [1.165, 1.54) is 12.1 Å². The number of hydrogen-bond acceptors (Lipinski definition) is 5. The van der Waals surface area contributed by atoms with Crippen LogP contribution in [0.15, 0.2) is 29.2 Å². The molecule has 1 fully saturated rings. The molecule has 0 aromatic heterocycles. The lowest BCUT2D eigenvalue weighted by Gasteiger charge is -2.13. The maximum atomic E-state index is 12.3. The van der Waals surface area contributed by atoms with E-state index in [0.29, 0.717) is 18.8 Å². The number of rotatable bonds is 7. The first kappa shape index (κ1) is 16.2. The normalized spacial score (nSPS) is 19.8. The fourth-order valence-corrected chi connectivity index (χ4v) is 3.55. The summed E-state index contributed by atoms with van der Waals surface area (Å²) in [5.41, 5.74) is 0. The summed E-state index contributed by atoms with van der Waals surface area (Å²) in [5.74, 6) is 0.600. The quantitative estimate of drug-likeness (QED) is 0.714. The highest BCUT2D eigenvalue weighted by molar-refractivity contribution is 7.89. The van der Waals surface area contributed by atoms with Crippen molar-refractivity contribution in [2.75, 3.05) is 33.4 Å². The Morgan fingerprint density at radius 1 is 1.38 bits per heavy atom. The van der Waals surface area contributed by atoms with Gasteiger partial charge in [-0.05, 0) is 44.3 Å². The van der Waals surface area contributed by atoms with Crippen molar-refractivity contribution >= 4 is 10.0 Å². The number of hydrogen-bond donors (Lipinski definition) is 2. The second-order valence-electron chi connectivity index (χ2n) is 5.27. The average Bonchev–Trinajstić information content (AvgIpc) is 2.84. The topological polar surface area (TPSA) is 78.9 Å². The molecule has 1 aliphatic heterocycles. The minimum atomic E-state index is -3.48. The van der Waals surface area contributed by atoms with E-state index in [2.05, 4.69) is 9.62 Å². The third-order valence-electron chi connectivity index (χ3n) is 3.42. The standard InChI is InChI=1S/C14H22N2O4S/c1-16-8-7-12(11-16)15-21(18,19)14-5-3-13(4-6-14)20-10-2-9-17/h3-6,12,15,17H,2,7-11H2,1H3. The third kappa shape index (κ3) is 4.67. The zero-order valence-electron chi connectivity index (χ0n) is 12.2. The minimum Gasteiger partial charge on any atom is -0.494 e. The lowest BCUT2D eigenvalue weighted by Crippen LogP contribution is -2.36. The van der Waals surface area contributed by atoms with Gasteiger partial charge in [0.15, 0.2) is 0 Å². The summed E-state index contributed by atoms with van der Waals surface area (Å²) in [6, 6.07) is 6.31. The van der Waals surface area contributed by atoms with Crippen LogP contribution in [0.3, 0.4) is 0 Å². The second kappa shape index (κ2) is 7.22. The fourth-order valence-electron chi connectivity index (χ4n) is 2.29. The minimum absolute atomic E-state index is 0.0273. The molecule has 6 nitrogen and oxygen atoms in total. The largest absolute Gasteiger partial charge is 0.494 e. The van der Waals surface area contributed by atoms with E-state index in [1.807, 2.05) is 7.05 Å². The van der Waals surface area contributed by atoms with E-state index >= 15 is 0 Å². The molecule has 1 saturated heterocycles. The van der Waals surface area contributed by atoms with Gasteiger partial charge in [-0.3, -0.25) is 0 Å². The smallest absolute Gasteiger partial charge is 0.240 e. The number of likely N-dealkylation sites (tertiary alicyclic amines) is 1. The van der Waals surface area contributed by atoms with Crippen LogP contribution in [0.25, 0.3) is 0 Å². The fraction of sp³-hybridized carbons (Fsp3) is 0.571. The number of likely N-dealkylation sites (N-methyl/N-ethyl adjacent to an activating group) is 1. The molecule has 1 aromatic carbocycles. The molecule has 1 unspecified atom stereocenters. The lowest BCUT2D eigenvalue weighted by molar-refractivity contribution is 0.233. The predicted molar refractivity (Wildman–Crippen MR) is 79.9 cm³/mol. The van der Waals surface area contributed by atoms with Crippen molar-refractivity contribution in [2.45, 2.75) is 23.8 Å². The Kier molecular flexibility index (Phi) is 5.58. The highest BCUT2D eigenvalue weighted by Gasteiger charge is 2.25. The van der Waals surface area contributed by atoms with Gasteiger partial charge < -0.3 is 14.7 Å². The highest BCUT2D eigenvalue weighted by atomic mass is 32.2. The summed E-state index contributed by atoms with van der Waals surface area (Å²) in [4.78, 5) is 2.34. The monoisotopic (exact) mass is 314 g/mol. The van der Waals surface area contributed by atoms with Gasteiger partial charge in [0.1, 0.15) is 5.75 Å². The Hall–Kier alpha value is -1.15. The van der Waals surface area contributed by atoms with Gasteiger partial charge in [0.05, 0.1) is 11.5 Å². The van der Waals surface area contributed by atoms with Crippen LogP contribution in [0.4, 0.5) is 0 Å². The van der Waals surface area contributed by atoms with Crippen molar-refractivity contribution in [1.29, 1.82) is 0 Å². The van der Waals surface area contributed by atoms with Crippen LogP contribution < -0.4 is 9.46 Å². The summed E-state index contributed by atoms with van der Waals surface area (Å²) in [5, 5.41) is 8.68. The maximum Gasteiger partial charge on any atom is 0.240 e. The Morgan fingerprint density at radius 2 is 2.10 bits per heavy atom. The average molecular weight is 314 g/mol. The molecular formula is C14H22N2O4S. The molecule has 1 aliphatic rings. The van der Waals surface area contributed by atoms with Gasteiger partial charge in [0.2, 0.25) is 10.0 Å². The predicted octanol–water partition coefficient (Wildman–Crippen LogP) is 0.430. The molecule has 2 N–H and O–H groups in total. The zero-order chi connectivity index (χ0) is 15.3. The maximum absolute atomic E-state index is 12.3. The van der Waals surface area contributed by atoms with Crippen LogP contribution in [-0.4, -0.2) is 57.8 Å². The Balaban J connectivity index is 1.96. The van der Waals surface area contributed by atoms with Crippen LogP contribution in [0.5, 0.6) is 5.75 Å². The molecule has 0 spiro atoms. The summed E-state index contributed by atoms with van der Waals surface area (Å²) in [7, 11) is -1.50. The molecular weight excluding hydrogens is 292 g/mol. The van der Waals surface area contributed by atoms with Gasteiger partial charge >= 0.3 is 0 Å². The summed E-state index contributed by atoms with van der Waals surface area (Å²) in [6.07, 6.45) is 1.38. The van der Waals surface area contributed by atoms with Gasteiger partial charge in [0.25, 0.3) is 0 Å². The summed E-state index contributed by atoms with van der Waals surface area (Å²) in [6.45, 7) is 2.13. The number of aliphatic hydroxyl groups is 1. The zero-order valence-corrected chi connectivity index (χ0v) is 13.0. The van der Waals surface area contributed by atoms with E-state index in [9.17, 15) is 8.42 Å². The van der Waals surface area contributed by atoms with Crippen molar-refractivity contribution < 1.29 is 18.3 Å². The molecule has 118 valence electrons. The van der Waals surface area contributed by atoms with Gasteiger partial charge in [-0.15, -0.1) is 0 Å². The van der Waals surface area contributed by atoms with E-state index in [0.717, 1.165) is 19.5 Å². The van der Waals surface area contributed by atoms with Gasteiger partial charge in [-0.25, -0.2) is 13.1 Å². The first-order valence-electron chi connectivity index (χ1n) is 7.06. The number of sulfonamides is 1. The molecule has 1 atom stereocenters. The molecule has 1 heterocycles. The summed E-state index contributed by atoms with van der Waals surface area (Å²) >= 11 is 0. The number of ether oxygens (including phenoxy) is 1. The molecule has 0 aliphatic carbocycles. The molecule has 0 bridgehead atoms. The molecule has 1 aromatic rings. The Morgan fingerprint density at radius 3 is 2.67 bits per heavy atom. The summed E-state index contributed by atoms with van der Waals surface area (Å²) < 4.78 is 32.6.